The molecule has 0 saturated carbocycles. The predicted molar refractivity (Wildman–Crippen MR) is 38.8 cm³/mol. The minimum absolute atomic E-state index is 0.374. The topological polar surface area (TPSA) is 18.5 Å². The first kappa shape index (κ1) is 7.19. The van der Waals surface area contributed by atoms with Gasteiger partial charge in [-0.05, 0) is 13.5 Å². The van der Waals surface area contributed by atoms with E-state index in [4.69, 9.17) is 9.47 Å². The largest absolute Gasteiger partial charge is 0.428 e. The number of hydrogen-bond acceptors (Lipinski definition) is 2. The Morgan fingerprint density at radius 1 is 1.30 bits per heavy atom. The molecule has 0 atom stereocenters. The molecule has 0 aromatic rings. The summed E-state index contributed by atoms with van der Waals surface area (Å²) in [4.78, 5) is 0. The fourth-order valence-corrected chi connectivity index (χ4v) is 0.961. The zero-order valence-corrected chi connectivity index (χ0v) is 6.60. The van der Waals surface area contributed by atoms with Crippen molar-refractivity contribution in [1.29, 1.82) is 0 Å². The molecule has 0 N–H and O–H groups in total. The smallest absolute Gasteiger partial charge is 0.282 e. The van der Waals surface area contributed by atoms with Gasteiger partial charge in [0.1, 0.15) is 11.5 Å². The third kappa shape index (κ3) is 1.15. The first-order valence-electron chi connectivity index (χ1n) is 3.36. The molecule has 0 spiro atoms. The molecule has 10 heavy (non-hydrogen) atoms. The van der Waals surface area contributed by atoms with Crippen LogP contribution in [0.3, 0.4) is 0 Å². The average Bonchev–Trinajstić information content (AvgIpc) is 2.10. The molecule has 1 aliphatic heterocycles. The van der Waals surface area contributed by atoms with E-state index in [1.165, 1.54) is 0 Å². The van der Waals surface area contributed by atoms with E-state index in [2.05, 4.69) is 20.4 Å². The second-order valence-corrected chi connectivity index (χ2v) is 2.65. The molecule has 0 aromatic heterocycles. The number of hydrogen-bond donors (Lipinski definition) is 0. The molecule has 2 nitrogen and oxygen atoms in total. The Morgan fingerprint density at radius 3 is 2.10 bits per heavy atom. The predicted octanol–water partition coefficient (Wildman–Crippen LogP) is 2.39. The van der Waals surface area contributed by atoms with Crippen LogP contribution in [0.25, 0.3) is 0 Å². The maximum absolute atomic E-state index is 5.20. The van der Waals surface area contributed by atoms with E-state index in [9.17, 15) is 0 Å². The summed E-state index contributed by atoms with van der Waals surface area (Å²) in [6.45, 7) is 9.55. The van der Waals surface area contributed by atoms with E-state index in [-0.39, 0.29) is 0 Å². The third-order valence-electron chi connectivity index (χ3n) is 1.36. The summed E-state index contributed by atoms with van der Waals surface area (Å²) in [7, 11) is 0. The summed E-state index contributed by atoms with van der Waals surface area (Å²) in [5.41, 5.74) is 0. The molecule has 0 amide bonds. The van der Waals surface area contributed by atoms with Crippen molar-refractivity contribution in [3.8, 4) is 0 Å². The highest BCUT2D eigenvalue weighted by atomic mass is 16.7. The first-order valence-corrected chi connectivity index (χ1v) is 3.36. The monoisotopic (exact) mass is 140 g/mol. The van der Waals surface area contributed by atoms with Crippen LogP contribution in [-0.4, -0.2) is 0 Å². The molecule has 56 valence electrons. The number of allylic oxidation sites excluding steroid dienone is 2. The molecular weight excluding hydrogens is 128 g/mol. The highest BCUT2D eigenvalue weighted by Crippen LogP contribution is 2.28. The Balaban J connectivity index is 2.75. The van der Waals surface area contributed by atoms with Crippen LogP contribution in [0.4, 0.5) is 0 Å². The summed E-state index contributed by atoms with van der Waals surface area (Å²) >= 11 is 0. The lowest BCUT2D eigenvalue weighted by molar-refractivity contribution is 0.171. The minimum atomic E-state index is 0.374. The SMILES string of the molecule is C=C1OC(C)=C(C(C)C)O1. The lowest BCUT2D eigenvalue weighted by atomic mass is 10.1. The van der Waals surface area contributed by atoms with Gasteiger partial charge in [0.2, 0.25) is 0 Å². The van der Waals surface area contributed by atoms with Crippen molar-refractivity contribution < 1.29 is 9.47 Å². The van der Waals surface area contributed by atoms with Crippen LogP contribution in [0, 0.1) is 5.92 Å². The van der Waals surface area contributed by atoms with Gasteiger partial charge in [-0.25, -0.2) is 0 Å². The summed E-state index contributed by atoms with van der Waals surface area (Å²) < 4.78 is 10.3. The summed E-state index contributed by atoms with van der Waals surface area (Å²) in [5, 5.41) is 0. The maximum Gasteiger partial charge on any atom is 0.282 e. The van der Waals surface area contributed by atoms with Crippen molar-refractivity contribution in [2.75, 3.05) is 0 Å². The maximum atomic E-state index is 5.20. The molecule has 1 heterocycles. The van der Waals surface area contributed by atoms with Crippen LogP contribution in [0.1, 0.15) is 20.8 Å². The Kier molecular flexibility index (Phi) is 1.70. The lowest BCUT2D eigenvalue weighted by Crippen LogP contribution is -1.94. The van der Waals surface area contributed by atoms with Crippen LogP contribution in [0.5, 0.6) is 0 Å². The van der Waals surface area contributed by atoms with Gasteiger partial charge in [-0.3, -0.25) is 0 Å². The second kappa shape index (κ2) is 2.37. The molecule has 0 fully saturated rings. The molecular formula is C8H12O2. The van der Waals surface area contributed by atoms with E-state index >= 15 is 0 Å². The molecule has 0 radical (unpaired) electrons. The van der Waals surface area contributed by atoms with Crippen LogP contribution in [0.15, 0.2) is 24.0 Å². The highest BCUT2D eigenvalue weighted by Gasteiger charge is 2.19. The quantitative estimate of drug-likeness (QED) is 0.556. The van der Waals surface area contributed by atoms with Crippen LogP contribution < -0.4 is 0 Å². The average molecular weight is 140 g/mol. The Labute approximate surface area is 61.1 Å². The fourth-order valence-electron chi connectivity index (χ4n) is 0.961. The van der Waals surface area contributed by atoms with Crippen LogP contribution in [-0.2, 0) is 9.47 Å². The van der Waals surface area contributed by atoms with E-state index in [0.29, 0.717) is 11.9 Å². The van der Waals surface area contributed by atoms with Crippen molar-refractivity contribution in [1.82, 2.24) is 0 Å². The van der Waals surface area contributed by atoms with Gasteiger partial charge in [0, 0.05) is 5.92 Å². The molecule has 1 aliphatic rings. The number of ether oxygens (including phenoxy) is 2. The summed E-state index contributed by atoms with van der Waals surface area (Å²) in [6.07, 6.45) is 0. The van der Waals surface area contributed by atoms with Gasteiger partial charge in [0.25, 0.3) is 5.95 Å². The second-order valence-electron chi connectivity index (χ2n) is 2.65. The van der Waals surface area contributed by atoms with Crippen molar-refractivity contribution >= 4 is 0 Å². The molecule has 0 unspecified atom stereocenters. The molecule has 0 bridgehead atoms. The van der Waals surface area contributed by atoms with E-state index < -0.39 is 0 Å². The first-order chi connectivity index (χ1) is 4.61. The Morgan fingerprint density at radius 2 is 1.90 bits per heavy atom. The lowest BCUT2D eigenvalue weighted by Gasteiger charge is -2.02. The standard InChI is InChI=1S/C8H12O2/c1-5(2)8-6(3)9-7(4)10-8/h5H,4H2,1-3H3. The van der Waals surface area contributed by atoms with Gasteiger partial charge in [-0.1, -0.05) is 13.8 Å². The third-order valence-corrected chi connectivity index (χ3v) is 1.36. The molecule has 1 rings (SSSR count). The molecule has 0 aromatic carbocycles. The van der Waals surface area contributed by atoms with Gasteiger partial charge in [-0.2, -0.15) is 0 Å². The zero-order valence-electron chi connectivity index (χ0n) is 6.60. The van der Waals surface area contributed by atoms with E-state index in [1.807, 2.05) is 6.92 Å². The van der Waals surface area contributed by atoms with Crippen LogP contribution in [0.2, 0.25) is 0 Å². The minimum Gasteiger partial charge on any atom is -0.428 e. The van der Waals surface area contributed by atoms with Gasteiger partial charge < -0.3 is 9.47 Å². The molecule has 0 aliphatic carbocycles. The van der Waals surface area contributed by atoms with E-state index in [1.54, 1.807) is 0 Å². The van der Waals surface area contributed by atoms with Crippen molar-refractivity contribution in [2.45, 2.75) is 20.8 Å². The molecule has 0 saturated heterocycles. The van der Waals surface area contributed by atoms with Gasteiger partial charge >= 0.3 is 0 Å². The highest BCUT2D eigenvalue weighted by molar-refractivity contribution is 5.10. The van der Waals surface area contributed by atoms with Crippen molar-refractivity contribution in [2.24, 2.45) is 5.92 Å². The normalized spacial score (nSPS) is 17.8. The molecule has 2 heteroatoms. The van der Waals surface area contributed by atoms with Gasteiger partial charge in [0.15, 0.2) is 0 Å². The van der Waals surface area contributed by atoms with Gasteiger partial charge in [-0.15, -0.1) is 0 Å². The van der Waals surface area contributed by atoms with Crippen molar-refractivity contribution in [3.63, 3.8) is 0 Å². The number of rotatable bonds is 1. The zero-order chi connectivity index (χ0) is 7.72. The fraction of sp³-hybridized carbons (Fsp3) is 0.500. The summed E-state index contributed by atoms with van der Waals surface area (Å²) in [6, 6.07) is 0. The van der Waals surface area contributed by atoms with Crippen LogP contribution >= 0.6 is 0 Å². The van der Waals surface area contributed by atoms with Gasteiger partial charge in [0.05, 0.1) is 0 Å². The van der Waals surface area contributed by atoms with E-state index in [0.717, 1.165) is 11.5 Å². The summed E-state index contributed by atoms with van der Waals surface area (Å²) in [5.74, 6) is 2.49. The Hall–Kier alpha value is -0.920. The van der Waals surface area contributed by atoms with Crippen molar-refractivity contribution in [3.05, 3.63) is 24.0 Å². The Bertz CT molecular complexity index is 189.